The summed E-state index contributed by atoms with van der Waals surface area (Å²) in [5, 5.41) is 9.41. The Kier molecular flexibility index (Phi) is 6.66. The number of carbonyl (C=O) groups is 2. The van der Waals surface area contributed by atoms with E-state index in [1.165, 1.54) is 16.7 Å². The Balaban J connectivity index is 1.82. The van der Waals surface area contributed by atoms with Crippen molar-refractivity contribution in [2.75, 3.05) is 0 Å². The van der Waals surface area contributed by atoms with E-state index in [2.05, 4.69) is 56.8 Å². The smallest absolute Gasteiger partial charge is 0.303 e. The third kappa shape index (κ3) is 4.91. The van der Waals surface area contributed by atoms with Crippen LogP contribution in [0, 0.1) is 22.2 Å². The number of hydrogen-bond acceptors (Lipinski definition) is 2. The van der Waals surface area contributed by atoms with Crippen LogP contribution in [-0.2, 0) is 9.59 Å². The van der Waals surface area contributed by atoms with E-state index in [1.54, 1.807) is 0 Å². The van der Waals surface area contributed by atoms with Gasteiger partial charge in [0.15, 0.2) is 0 Å². The van der Waals surface area contributed by atoms with Crippen molar-refractivity contribution in [1.82, 2.24) is 0 Å². The Morgan fingerprint density at radius 2 is 1.60 bits per heavy atom. The topological polar surface area (TPSA) is 54.4 Å². The standard InChI is InChI=1S/C32H38O3/c1-22(23-12-8-6-9-13-23)32-17-16-27(33)26(32)18-25(29(32)24-14-10-7-11-15-24)19-30(2,3)21-31(4,5)20-28(34)35/h6-15,26H,1,16-21H2,2-5H3,(H,34,35)/t26?,32-/m0/s1. The molecule has 0 heterocycles. The molecule has 4 rings (SSSR count). The highest BCUT2D eigenvalue weighted by Crippen LogP contribution is 2.65. The van der Waals surface area contributed by atoms with E-state index in [0.29, 0.717) is 12.2 Å². The van der Waals surface area contributed by atoms with Crippen LogP contribution in [0.3, 0.4) is 0 Å². The van der Waals surface area contributed by atoms with E-state index in [9.17, 15) is 14.7 Å². The number of carboxylic acids is 1. The molecule has 0 radical (unpaired) electrons. The van der Waals surface area contributed by atoms with E-state index in [-0.39, 0.29) is 28.6 Å². The Labute approximate surface area is 210 Å². The Morgan fingerprint density at radius 3 is 2.20 bits per heavy atom. The van der Waals surface area contributed by atoms with Gasteiger partial charge in [-0.3, -0.25) is 9.59 Å². The van der Waals surface area contributed by atoms with Crippen LogP contribution in [0.2, 0.25) is 0 Å². The lowest BCUT2D eigenvalue weighted by Gasteiger charge is -2.37. The minimum absolute atomic E-state index is 0.0803. The molecule has 1 N–H and O–H groups in total. The molecule has 3 heteroatoms. The van der Waals surface area contributed by atoms with Crippen LogP contribution in [0.4, 0.5) is 0 Å². The molecule has 35 heavy (non-hydrogen) atoms. The number of allylic oxidation sites excluding steroid dienone is 3. The van der Waals surface area contributed by atoms with Crippen molar-refractivity contribution >= 4 is 22.9 Å². The Bertz CT molecular complexity index is 1150. The monoisotopic (exact) mass is 470 g/mol. The van der Waals surface area contributed by atoms with E-state index in [0.717, 1.165) is 36.8 Å². The number of hydrogen-bond donors (Lipinski definition) is 1. The SMILES string of the molecule is C=C(c1ccccc1)[C@@]12CCC(=O)C1CC(CC(C)(C)CC(C)(C)CC(=O)O)=C2c1ccccc1. The van der Waals surface area contributed by atoms with Crippen molar-refractivity contribution in [3.05, 3.63) is 83.9 Å². The number of benzene rings is 2. The first-order valence-corrected chi connectivity index (χ1v) is 12.7. The third-order valence-corrected chi connectivity index (χ3v) is 8.00. The molecule has 2 aromatic rings. The second-order valence-electron chi connectivity index (χ2n) is 12.1. The quantitative estimate of drug-likeness (QED) is 0.406. The van der Waals surface area contributed by atoms with Gasteiger partial charge in [-0.05, 0) is 58.8 Å². The van der Waals surface area contributed by atoms with E-state index >= 15 is 0 Å². The zero-order chi connectivity index (χ0) is 25.4. The first kappa shape index (κ1) is 25.2. The number of aliphatic carboxylic acids is 1. The van der Waals surface area contributed by atoms with Crippen LogP contribution in [0.15, 0.2) is 72.8 Å². The molecule has 1 fully saturated rings. The van der Waals surface area contributed by atoms with Gasteiger partial charge in [0, 0.05) is 17.8 Å². The number of Topliss-reactive ketones (excluding diaryl/α,β-unsaturated/α-hetero) is 1. The molecule has 1 saturated carbocycles. The van der Waals surface area contributed by atoms with Crippen LogP contribution >= 0.6 is 0 Å². The fourth-order valence-electron chi connectivity index (χ4n) is 7.24. The molecular formula is C32H38O3. The summed E-state index contributed by atoms with van der Waals surface area (Å²) in [4.78, 5) is 24.7. The lowest BCUT2D eigenvalue weighted by atomic mass is 9.66. The second kappa shape index (κ2) is 9.26. The summed E-state index contributed by atoms with van der Waals surface area (Å²) in [6.45, 7) is 13.2. The number of ketones is 1. The molecule has 2 aliphatic rings. The van der Waals surface area contributed by atoms with E-state index in [4.69, 9.17) is 0 Å². The number of fused-ring (bicyclic) bond motifs is 1. The first-order chi connectivity index (χ1) is 16.5. The number of carbonyl (C=O) groups excluding carboxylic acids is 1. The van der Waals surface area contributed by atoms with Gasteiger partial charge < -0.3 is 5.11 Å². The summed E-state index contributed by atoms with van der Waals surface area (Å²) in [5.74, 6) is -0.494. The largest absolute Gasteiger partial charge is 0.481 e. The fraction of sp³-hybridized carbons (Fsp3) is 0.438. The predicted octanol–water partition coefficient (Wildman–Crippen LogP) is 7.83. The van der Waals surface area contributed by atoms with Crippen molar-refractivity contribution in [3.63, 3.8) is 0 Å². The molecule has 3 nitrogen and oxygen atoms in total. The average molecular weight is 471 g/mol. The van der Waals surface area contributed by atoms with Gasteiger partial charge in [-0.15, -0.1) is 0 Å². The summed E-state index contributed by atoms with van der Waals surface area (Å²) >= 11 is 0. The molecule has 1 unspecified atom stereocenters. The van der Waals surface area contributed by atoms with Gasteiger partial charge in [0.05, 0.1) is 6.42 Å². The van der Waals surface area contributed by atoms with Gasteiger partial charge in [0.25, 0.3) is 0 Å². The summed E-state index contributed by atoms with van der Waals surface area (Å²) < 4.78 is 0. The van der Waals surface area contributed by atoms with Crippen LogP contribution < -0.4 is 0 Å². The molecule has 2 atom stereocenters. The lowest BCUT2D eigenvalue weighted by molar-refractivity contribution is -0.139. The maximum atomic E-state index is 13.3. The summed E-state index contributed by atoms with van der Waals surface area (Å²) in [7, 11) is 0. The van der Waals surface area contributed by atoms with Crippen molar-refractivity contribution in [3.8, 4) is 0 Å². The molecule has 2 aromatic carbocycles. The Morgan fingerprint density at radius 1 is 1.00 bits per heavy atom. The lowest BCUT2D eigenvalue weighted by Crippen LogP contribution is -2.27. The highest BCUT2D eigenvalue weighted by Gasteiger charge is 2.57. The average Bonchev–Trinajstić information content (AvgIpc) is 3.26. The van der Waals surface area contributed by atoms with Crippen molar-refractivity contribution < 1.29 is 14.7 Å². The molecule has 0 spiro atoms. The number of rotatable bonds is 9. The van der Waals surface area contributed by atoms with E-state index < -0.39 is 5.97 Å². The van der Waals surface area contributed by atoms with Crippen LogP contribution in [0.25, 0.3) is 11.1 Å². The summed E-state index contributed by atoms with van der Waals surface area (Å²) in [6.07, 6.45) is 3.93. The van der Waals surface area contributed by atoms with Crippen LogP contribution in [0.1, 0.15) is 77.3 Å². The minimum atomic E-state index is -0.755. The van der Waals surface area contributed by atoms with E-state index in [1.807, 2.05) is 38.1 Å². The fourth-order valence-corrected chi connectivity index (χ4v) is 7.24. The summed E-state index contributed by atoms with van der Waals surface area (Å²) in [6, 6.07) is 20.8. The zero-order valence-corrected chi connectivity index (χ0v) is 21.6. The van der Waals surface area contributed by atoms with Crippen molar-refractivity contribution in [2.45, 2.75) is 66.2 Å². The molecule has 0 aromatic heterocycles. The molecule has 184 valence electrons. The highest BCUT2D eigenvalue weighted by molar-refractivity contribution is 6.00. The van der Waals surface area contributed by atoms with Gasteiger partial charge in [0.1, 0.15) is 5.78 Å². The molecule has 0 saturated heterocycles. The Hall–Kier alpha value is -2.94. The highest BCUT2D eigenvalue weighted by atomic mass is 16.4. The van der Waals surface area contributed by atoms with Crippen LogP contribution in [0.5, 0.6) is 0 Å². The van der Waals surface area contributed by atoms with Crippen molar-refractivity contribution in [2.24, 2.45) is 22.2 Å². The second-order valence-corrected chi connectivity index (χ2v) is 12.1. The van der Waals surface area contributed by atoms with Gasteiger partial charge in [-0.2, -0.15) is 0 Å². The third-order valence-electron chi connectivity index (χ3n) is 8.00. The molecular weight excluding hydrogens is 432 g/mol. The van der Waals surface area contributed by atoms with Crippen molar-refractivity contribution in [1.29, 1.82) is 0 Å². The molecule has 2 aliphatic carbocycles. The van der Waals surface area contributed by atoms with Gasteiger partial charge in [0.2, 0.25) is 0 Å². The maximum absolute atomic E-state index is 13.3. The van der Waals surface area contributed by atoms with Gasteiger partial charge >= 0.3 is 5.97 Å². The van der Waals surface area contributed by atoms with Gasteiger partial charge in [-0.25, -0.2) is 0 Å². The number of carboxylic acid groups (broad SMARTS) is 1. The zero-order valence-electron chi connectivity index (χ0n) is 21.6. The maximum Gasteiger partial charge on any atom is 0.303 e. The minimum Gasteiger partial charge on any atom is -0.481 e. The molecule has 0 amide bonds. The normalized spacial score (nSPS) is 22.4. The first-order valence-electron chi connectivity index (χ1n) is 12.7. The van der Waals surface area contributed by atoms with Gasteiger partial charge in [-0.1, -0.05) is 101 Å². The molecule has 0 bridgehead atoms. The van der Waals surface area contributed by atoms with Crippen LogP contribution in [-0.4, -0.2) is 16.9 Å². The summed E-state index contributed by atoms with van der Waals surface area (Å²) in [5.41, 5.74) is 5.15. The predicted molar refractivity (Wildman–Crippen MR) is 143 cm³/mol. The molecule has 0 aliphatic heterocycles.